The van der Waals surface area contributed by atoms with Gasteiger partial charge in [0.05, 0.1) is 5.56 Å². The number of carbonyl (C=O) groups is 2. The van der Waals surface area contributed by atoms with E-state index < -0.39 is 0 Å². The fourth-order valence-corrected chi connectivity index (χ4v) is 4.20. The summed E-state index contributed by atoms with van der Waals surface area (Å²) in [5, 5.41) is 2.97. The van der Waals surface area contributed by atoms with Crippen molar-refractivity contribution in [2.45, 2.75) is 39.0 Å². The summed E-state index contributed by atoms with van der Waals surface area (Å²) in [5.74, 6) is -0.0751. The van der Waals surface area contributed by atoms with Gasteiger partial charge in [0.1, 0.15) is 0 Å². The molecule has 5 nitrogen and oxygen atoms in total. The van der Waals surface area contributed by atoms with E-state index in [2.05, 4.69) is 17.1 Å². The number of likely N-dealkylation sites (tertiary alicyclic amines) is 1. The van der Waals surface area contributed by atoms with Gasteiger partial charge in [-0.3, -0.25) is 9.59 Å². The van der Waals surface area contributed by atoms with E-state index in [-0.39, 0.29) is 11.8 Å². The predicted molar refractivity (Wildman–Crippen MR) is 117 cm³/mol. The number of carbonyl (C=O) groups excluding carboxylic acids is 2. The number of aryl methyl sites for hydroxylation is 1. The van der Waals surface area contributed by atoms with Crippen molar-refractivity contribution in [3.8, 4) is 0 Å². The third-order valence-corrected chi connectivity index (χ3v) is 5.95. The van der Waals surface area contributed by atoms with E-state index in [0.717, 1.165) is 64.0 Å². The summed E-state index contributed by atoms with van der Waals surface area (Å²) in [5.41, 5.74) is 4.19. The van der Waals surface area contributed by atoms with Crippen LogP contribution >= 0.6 is 0 Å². The van der Waals surface area contributed by atoms with Crippen molar-refractivity contribution in [1.29, 1.82) is 0 Å². The molecule has 0 radical (unpaired) electrons. The lowest BCUT2D eigenvalue weighted by atomic mass is 10.1. The van der Waals surface area contributed by atoms with Crippen molar-refractivity contribution in [2.24, 2.45) is 0 Å². The van der Waals surface area contributed by atoms with E-state index in [4.69, 9.17) is 0 Å². The van der Waals surface area contributed by atoms with Gasteiger partial charge < -0.3 is 15.1 Å². The van der Waals surface area contributed by atoms with Crippen LogP contribution in [-0.4, -0.2) is 42.9 Å². The fraction of sp³-hybridized carbons (Fsp3) is 0.417. The summed E-state index contributed by atoms with van der Waals surface area (Å²) in [4.78, 5) is 30.1. The fourth-order valence-electron chi connectivity index (χ4n) is 4.20. The molecule has 2 fully saturated rings. The molecule has 2 aliphatic rings. The minimum atomic E-state index is -0.152. The van der Waals surface area contributed by atoms with E-state index in [1.54, 1.807) is 0 Å². The van der Waals surface area contributed by atoms with Crippen molar-refractivity contribution in [2.75, 3.05) is 36.4 Å². The third-order valence-electron chi connectivity index (χ3n) is 5.95. The zero-order valence-corrected chi connectivity index (χ0v) is 17.1. The average molecular weight is 392 g/mol. The second kappa shape index (κ2) is 8.68. The van der Waals surface area contributed by atoms with Gasteiger partial charge in [-0.25, -0.2) is 0 Å². The normalized spacial score (nSPS) is 16.3. The van der Waals surface area contributed by atoms with E-state index in [1.165, 1.54) is 5.56 Å². The molecule has 2 saturated heterocycles. The highest BCUT2D eigenvalue weighted by molar-refractivity contribution is 6.06. The number of anilines is 2. The number of hydrogen-bond donors (Lipinski definition) is 1. The highest BCUT2D eigenvalue weighted by atomic mass is 16.2. The van der Waals surface area contributed by atoms with Crippen LogP contribution < -0.4 is 10.2 Å². The lowest BCUT2D eigenvalue weighted by Crippen LogP contribution is -2.30. The van der Waals surface area contributed by atoms with E-state index in [1.807, 2.05) is 47.4 Å². The van der Waals surface area contributed by atoms with Crippen LogP contribution in [0, 0.1) is 0 Å². The molecule has 0 saturated carbocycles. The summed E-state index contributed by atoms with van der Waals surface area (Å²) < 4.78 is 0. The lowest BCUT2D eigenvalue weighted by molar-refractivity contribution is 0.0793. The van der Waals surface area contributed by atoms with E-state index in [0.29, 0.717) is 16.8 Å². The largest absolute Gasteiger partial charge is 0.371 e. The number of amides is 2. The van der Waals surface area contributed by atoms with E-state index >= 15 is 0 Å². The van der Waals surface area contributed by atoms with Gasteiger partial charge in [-0.1, -0.05) is 19.1 Å². The molecule has 0 unspecified atom stereocenters. The molecule has 0 aromatic heterocycles. The van der Waals surface area contributed by atoms with Gasteiger partial charge in [-0.2, -0.15) is 0 Å². The molecule has 0 spiro atoms. The molecule has 0 bridgehead atoms. The van der Waals surface area contributed by atoms with Gasteiger partial charge in [0.15, 0.2) is 0 Å². The van der Waals surface area contributed by atoms with Crippen molar-refractivity contribution in [3.05, 3.63) is 59.2 Å². The summed E-state index contributed by atoms with van der Waals surface area (Å²) in [6.45, 7) is 5.69. The Morgan fingerprint density at radius 3 is 2.21 bits per heavy atom. The maximum absolute atomic E-state index is 13.2. The van der Waals surface area contributed by atoms with Crippen LogP contribution in [0.1, 0.15) is 58.9 Å². The lowest BCUT2D eigenvalue weighted by Gasteiger charge is -2.24. The van der Waals surface area contributed by atoms with Gasteiger partial charge in [0.25, 0.3) is 11.8 Å². The number of rotatable bonds is 5. The number of benzene rings is 2. The molecule has 152 valence electrons. The molecule has 2 aromatic rings. The Kier molecular flexibility index (Phi) is 5.84. The zero-order chi connectivity index (χ0) is 20.2. The van der Waals surface area contributed by atoms with Gasteiger partial charge >= 0.3 is 0 Å². The molecule has 2 aliphatic heterocycles. The molecule has 0 atom stereocenters. The summed E-state index contributed by atoms with van der Waals surface area (Å²) in [6, 6.07) is 13.4. The first-order chi connectivity index (χ1) is 14.2. The summed E-state index contributed by atoms with van der Waals surface area (Å²) in [6.07, 6.45) is 5.39. The number of nitrogens with one attached hydrogen (secondary N) is 1. The average Bonchev–Trinajstić information content (AvgIpc) is 3.47. The smallest absolute Gasteiger partial charge is 0.256 e. The van der Waals surface area contributed by atoms with Gasteiger partial charge in [0, 0.05) is 43.1 Å². The Hall–Kier alpha value is -2.82. The maximum atomic E-state index is 13.2. The molecule has 4 rings (SSSR count). The monoisotopic (exact) mass is 391 g/mol. The topological polar surface area (TPSA) is 52.7 Å². The van der Waals surface area contributed by atoms with Crippen LogP contribution in [0.5, 0.6) is 0 Å². The minimum absolute atomic E-state index is 0.0767. The first-order valence-electron chi connectivity index (χ1n) is 10.7. The van der Waals surface area contributed by atoms with Crippen LogP contribution in [0.2, 0.25) is 0 Å². The molecule has 1 N–H and O–H groups in total. The van der Waals surface area contributed by atoms with Crippen molar-refractivity contribution in [3.63, 3.8) is 0 Å². The Bertz CT molecular complexity index is 879. The van der Waals surface area contributed by atoms with Crippen molar-refractivity contribution in [1.82, 2.24) is 4.90 Å². The first-order valence-corrected chi connectivity index (χ1v) is 10.7. The second-order valence-corrected chi connectivity index (χ2v) is 7.93. The molecule has 2 amide bonds. The molecule has 2 heterocycles. The maximum Gasteiger partial charge on any atom is 0.256 e. The standard InChI is InChI=1S/C24H29N3O2/c1-2-18-7-9-19(10-8-18)23(28)25-20-11-12-22(26-13-3-4-14-26)21(17-20)24(29)27-15-5-6-16-27/h7-12,17H,2-6,13-16H2,1H3,(H,25,28). The minimum Gasteiger partial charge on any atom is -0.371 e. The van der Waals surface area contributed by atoms with Crippen molar-refractivity contribution < 1.29 is 9.59 Å². The Balaban J connectivity index is 1.59. The molecule has 29 heavy (non-hydrogen) atoms. The van der Waals surface area contributed by atoms with Crippen LogP contribution in [0.25, 0.3) is 0 Å². The Labute approximate surface area is 172 Å². The van der Waals surface area contributed by atoms with Gasteiger partial charge in [-0.05, 0) is 68.0 Å². The molecular weight excluding hydrogens is 362 g/mol. The van der Waals surface area contributed by atoms with Crippen LogP contribution in [0.4, 0.5) is 11.4 Å². The highest BCUT2D eigenvalue weighted by Crippen LogP contribution is 2.29. The van der Waals surface area contributed by atoms with E-state index in [9.17, 15) is 9.59 Å². The zero-order valence-electron chi connectivity index (χ0n) is 17.1. The van der Waals surface area contributed by atoms with Gasteiger partial charge in [0.2, 0.25) is 0 Å². The van der Waals surface area contributed by atoms with Crippen LogP contribution in [0.3, 0.4) is 0 Å². The predicted octanol–water partition coefficient (Wildman–Crippen LogP) is 4.34. The Morgan fingerprint density at radius 2 is 1.55 bits per heavy atom. The molecule has 5 heteroatoms. The van der Waals surface area contributed by atoms with Crippen LogP contribution in [-0.2, 0) is 6.42 Å². The molecule has 2 aromatic carbocycles. The number of nitrogens with zero attached hydrogens (tertiary/aromatic N) is 2. The summed E-state index contributed by atoms with van der Waals surface area (Å²) >= 11 is 0. The van der Waals surface area contributed by atoms with Crippen LogP contribution in [0.15, 0.2) is 42.5 Å². The molecular formula is C24H29N3O2. The summed E-state index contributed by atoms with van der Waals surface area (Å²) in [7, 11) is 0. The Morgan fingerprint density at radius 1 is 0.897 bits per heavy atom. The van der Waals surface area contributed by atoms with Gasteiger partial charge in [-0.15, -0.1) is 0 Å². The molecule has 0 aliphatic carbocycles. The first kappa shape index (κ1) is 19.5. The quantitative estimate of drug-likeness (QED) is 0.825. The highest BCUT2D eigenvalue weighted by Gasteiger charge is 2.25. The second-order valence-electron chi connectivity index (χ2n) is 7.93. The van der Waals surface area contributed by atoms with Crippen molar-refractivity contribution >= 4 is 23.2 Å². The number of hydrogen-bond acceptors (Lipinski definition) is 3. The SMILES string of the molecule is CCc1ccc(C(=O)Nc2ccc(N3CCCC3)c(C(=O)N3CCCC3)c2)cc1. The third kappa shape index (κ3) is 4.29.